The molecular weight excluding hydrogens is 231 g/mol. The lowest BCUT2D eigenvalue weighted by Crippen LogP contribution is -2.45. The zero-order valence-corrected chi connectivity index (χ0v) is 10.4. The van der Waals surface area contributed by atoms with Gasteiger partial charge in [-0.1, -0.05) is 0 Å². The quantitative estimate of drug-likeness (QED) is 0.870. The van der Waals surface area contributed by atoms with Crippen molar-refractivity contribution >= 4 is 0 Å². The van der Waals surface area contributed by atoms with Gasteiger partial charge in [-0.15, -0.1) is 0 Å². The number of halogens is 1. The Kier molecular flexibility index (Phi) is 4.29. The maximum absolute atomic E-state index is 13.1. The molecule has 0 aliphatic heterocycles. The smallest absolute Gasteiger partial charge is 0.123 e. The van der Waals surface area contributed by atoms with E-state index >= 15 is 0 Å². The van der Waals surface area contributed by atoms with Crippen LogP contribution in [0.1, 0.15) is 30.9 Å². The predicted octanol–water partition coefficient (Wildman–Crippen LogP) is 2.35. The SMILES string of the molecule is CCOC1CC(NCc2cc(F)ccc2C#N)C1. The van der Waals surface area contributed by atoms with Gasteiger partial charge in [0.2, 0.25) is 0 Å². The minimum Gasteiger partial charge on any atom is -0.378 e. The molecule has 1 aromatic carbocycles. The van der Waals surface area contributed by atoms with Crippen molar-refractivity contribution in [1.29, 1.82) is 5.26 Å². The Balaban J connectivity index is 1.84. The molecular formula is C14H17FN2O. The first-order chi connectivity index (χ1) is 8.72. The van der Waals surface area contributed by atoms with Crippen LogP contribution in [-0.4, -0.2) is 18.8 Å². The van der Waals surface area contributed by atoms with E-state index in [9.17, 15) is 4.39 Å². The number of ether oxygens (including phenoxy) is 1. The Morgan fingerprint density at radius 2 is 2.28 bits per heavy atom. The van der Waals surface area contributed by atoms with Crippen molar-refractivity contribution < 1.29 is 9.13 Å². The third-order valence-electron chi connectivity index (χ3n) is 3.27. The predicted molar refractivity (Wildman–Crippen MR) is 66.4 cm³/mol. The van der Waals surface area contributed by atoms with E-state index in [1.54, 1.807) is 0 Å². The first kappa shape index (κ1) is 13.0. The van der Waals surface area contributed by atoms with Crippen LogP contribution in [0.4, 0.5) is 4.39 Å². The standard InChI is InChI=1S/C14H17FN2O/c1-2-18-14-6-13(7-14)17-9-11-5-12(15)4-3-10(11)8-16/h3-5,13-14,17H,2,6-7,9H2,1H3. The summed E-state index contributed by atoms with van der Waals surface area (Å²) in [7, 11) is 0. The molecule has 0 radical (unpaired) electrons. The van der Waals surface area contributed by atoms with Crippen LogP contribution in [0.5, 0.6) is 0 Å². The van der Waals surface area contributed by atoms with Gasteiger partial charge in [-0.2, -0.15) is 5.26 Å². The largest absolute Gasteiger partial charge is 0.378 e. The lowest BCUT2D eigenvalue weighted by molar-refractivity contribution is -0.0102. The molecule has 1 aliphatic rings. The maximum atomic E-state index is 13.1. The molecule has 96 valence electrons. The average Bonchev–Trinajstić information content (AvgIpc) is 2.32. The molecule has 0 amide bonds. The molecule has 0 spiro atoms. The third-order valence-corrected chi connectivity index (χ3v) is 3.27. The maximum Gasteiger partial charge on any atom is 0.123 e. The first-order valence-electron chi connectivity index (χ1n) is 6.26. The second-order valence-electron chi connectivity index (χ2n) is 4.54. The van der Waals surface area contributed by atoms with Gasteiger partial charge in [-0.3, -0.25) is 0 Å². The molecule has 1 aliphatic carbocycles. The molecule has 1 N–H and O–H groups in total. The lowest BCUT2D eigenvalue weighted by atomic mass is 9.89. The van der Waals surface area contributed by atoms with E-state index in [0.717, 1.165) is 25.0 Å². The van der Waals surface area contributed by atoms with Crippen molar-refractivity contribution in [2.75, 3.05) is 6.61 Å². The van der Waals surface area contributed by atoms with E-state index in [4.69, 9.17) is 10.00 Å². The molecule has 1 saturated carbocycles. The summed E-state index contributed by atoms with van der Waals surface area (Å²) in [6.07, 6.45) is 2.34. The molecule has 1 aromatic rings. The van der Waals surface area contributed by atoms with E-state index in [2.05, 4.69) is 11.4 Å². The summed E-state index contributed by atoms with van der Waals surface area (Å²) in [5, 5.41) is 12.3. The highest BCUT2D eigenvalue weighted by molar-refractivity contribution is 5.37. The highest BCUT2D eigenvalue weighted by Gasteiger charge is 2.28. The molecule has 18 heavy (non-hydrogen) atoms. The molecule has 0 saturated heterocycles. The second kappa shape index (κ2) is 5.94. The monoisotopic (exact) mass is 248 g/mol. The third kappa shape index (κ3) is 3.06. The minimum atomic E-state index is -0.299. The molecule has 3 nitrogen and oxygen atoms in total. The van der Waals surface area contributed by atoms with Gasteiger partial charge in [0.25, 0.3) is 0 Å². The highest BCUT2D eigenvalue weighted by Crippen LogP contribution is 2.23. The highest BCUT2D eigenvalue weighted by atomic mass is 19.1. The van der Waals surface area contributed by atoms with Gasteiger partial charge in [0.15, 0.2) is 0 Å². The van der Waals surface area contributed by atoms with Crippen LogP contribution in [-0.2, 0) is 11.3 Å². The fraction of sp³-hybridized carbons (Fsp3) is 0.500. The Morgan fingerprint density at radius 3 is 2.94 bits per heavy atom. The first-order valence-corrected chi connectivity index (χ1v) is 6.26. The van der Waals surface area contributed by atoms with Crippen LogP contribution in [0.3, 0.4) is 0 Å². The molecule has 1 fully saturated rings. The topological polar surface area (TPSA) is 45.0 Å². The molecule has 0 unspecified atom stereocenters. The summed E-state index contributed by atoms with van der Waals surface area (Å²) in [4.78, 5) is 0. The zero-order valence-electron chi connectivity index (χ0n) is 10.4. The number of nitrogens with one attached hydrogen (secondary N) is 1. The Labute approximate surface area is 107 Å². The molecule has 0 aromatic heterocycles. The van der Waals surface area contributed by atoms with Gasteiger partial charge < -0.3 is 10.1 Å². The lowest BCUT2D eigenvalue weighted by Gasteiger charge is -2.35. The summed E-state index contributed by atoms with van der Waals surface area (Å²) < 4.78 is 18.6. The van der Waals surface area contributed by atoms with Crippen LogP contribution in [0, 0.1) is 17.1 Å². The average molecular weight is 248 g/mol. The minimum absolute atomic E-state index is 0.299. The number of nitriles is 1. The van der Waals surface area contributed by atoms with E-state index in [0.29, 0.717) is 24.3 Å². The zero-order chi connectivity index (χ0) is 13.0. The molecule has 0 bridgehead atoms. The van der Waals surface area contributed by atoms with Crippen LogP contribution in [0.25, 0.3) is 0 Å². The van der Waals surface area contributed by atoms with Crippen LogP contribution >= 0.6 is 0 Å². The van der Waals surface area contributed by atoms with Crippen molar-refractivity contribution in [3.8, 4) is 6.07 Å². The van der Waals surface area contributed by atoms with E-state index in [1.807, 2.05) is 6.92 Å². The number of nitrogens with zero attached hydrogens (tertiary/aromatic N) is 1. The van der Waals surface area contributed by atoms with Gasteiger partial charge in [0.1, 0.15) is 5.82 Å². The Hall–Kier alpha value is -1.44. The number of hydrogen-bond donors (Lipinski definition) is 1. The van der Waals surface area contributed by atoms with Gasteiger partial charge in [-0.05, 0) is 43.5 Å². The molecule has 0 atom stereocenters. The van der Waals surface area contributed by atoms with Crippen LogP contribution in [0.15, 0.2) is 18.2 Å². The van der Waals surface area contributed by atoms with Gasteiger partial charge in [0.05, 0.1) is 17.7 Å². The van der Waals surface area contributed by atoms with Gasteiger partial charge in [0, 0.05) is 19.2 Å². The van der Waals surface area contributed by atoms with E-state index in [1.165, 1.54) is 18.2 Å². The summed E-state index contributed by atoms with van der Waals surface area (Å²) >= 11 is 0. The van der Waals surface area contributed by atoms with Crippen molar-refractivity contribution in [3.63, 3.8) is 0 Å². The normalized spacial score (nSPS) is 22.3. The van der Waals surface area contributed by atoms with Crippen LogP contribution in [0.2, 0.25) is 0 Å². The summed E-state index contributed by atoms with van der Waals surface area (Å²) in [5.41, 5.74) is 1.25. The van der Waals surface area contributed by atoms with Crippen molar-refractivity contribution in [2.45, 2.75) is 38.5 Å². The number of benzene rings is 1. The fourth-order valence-corrected chi connectivity index (χ4v) is 2.18. The van der Waals surface area contributed by atoms with E-state index < -0.39 is 0 Å². The second-order valence-corrected chi connectivity index (χ2v) is 4.54. The van der Waals surface area contributed by atoms with Crippen molar-refractivity contribution in [3.05, 3.63) is 35.1 Å². The molecule has 2 rings (SSSR count). The molecule has 0 heterocycles. The molecule has 4 heteroatoms. The number of hydrogen-bond acceptors (Lipinski definition) is 3. The van der Waals surface area contributed by atoms with Gasteiger partial charge in [-0.25, -0.2) is 4.39 Å². The Morgan fingerprint density at radius 1 is 1.50 bits per heavy atom. The number of rotatable bonds is 5. The van der Waals surface area contributed by atoms with Crippen LogP contribution < -0.4 is 5.32 Å². The fourth-order valence-electron chi connectivity index (χ4n) is 2.18. The van der Waals surface area contributed by atoms with E-state index in [-0.39, 0.29) is 5.82 Å². The Bertz CT molecular complexity index is 450. The van der Waals surface area contributed by atoms with Crippen molar-refractivity contribution in [1.82, 2.24) is 5.32 Å². The van der Waals surface area contributed by atoms with Crippen molar-refractivity contribution in [2.24, 2.45) is 0 Å². The van der Waals surface area contributed by atoms with Gasteiger partial charge >= 0.3 is 0 Å². The summed E-state index contributed by atoms with van der Waals surface area (Å²) in [6, 6.07) is 6.75. The summed E-state index contributed by atoms with van der Waals surface area (Å²) in [5.74, 6) is -0.299. The summed E-state index contributed by atoms with van der Waals surface area (Å²) in [6.45, 7) is 3.27.